The first kappa shape index (κ1) is 24.3. The number of amides is 1. The van der Waals surface area contributed by atoms with Crippen LogP contribution in [-0.4, -0.2) is 79.3 Å². The van der Waals surface area contributed by atoms with Gasteiger partial charge in [0.05, 0.1) is 12.5 Å². The molecule has 0 aromatic carbocycles. The summed E-state index contributed by atoms with van der Waals surface area (Å²) in [6.45, 7) is 14.5. The molecule has 0 bridgehead atoms. The average Bonchev–Trinajstić information content (AvgIpc) is 2.70. The molecule has 0 aliphatic carbocycles. The van der Waals surface area contributed by atoms with E-state index in [-0.39, 0.29) is 18.0 Å². The zero-order chi connectivity index (χ0) is 22.1. The van der Waals surface area contributed by atoms with E-state index >= 15 is 0 Å². The quantitative estimate of drug-likeness (QED) is 0.415. The van der Waals surface area contributed by atoms with Gasteiger partial charge in [0.15, 0.2) is 5.96 Å². The van der Waals surface area contributed by atoms with Crippen molar-refractivity contribution in [3.05, 3.63) is 0 Å². The van der Waals surface area contributed by atoms with Crippen LogP contribution in [0.4, 0.5) is 4.79 Å². The van der Waals surface area contributed by atoms with Gasteiger partial charge >= 0.3 is 12.1 Å². The number of hydrogen-bond acceptors (Lipinski definition) is 5. The lowest BCUT2D eigenvalue weighted by Crippen LogP contribution is -2.48. The van der Waals surface area contributed by atoms with Crippen molar-refractivity contribution in [2.24, 2.45) is 16.8 Å². The van der Waals surface area contributed by atoms with E-state index in [0.717, 1.165) is 51.3 Å². The predicted octanol–water partition coefficient (Wildman–Crippen LogP) is 2.87. The Labute approximate surface area is 181 Å². The minimum Gasteiger partial charge on any atom is -0.466 e. The SMILES string of the molecule is CCNC(=NCC1CCN(C(=O)OC(C)(C)C)CC1)N1CCCC(C(=O)OCC)C1. The van der Waals surface area contributed by atoms with E-state index in [9.17, 15) is 9.59 Å². The van der Waals surface area contributed by atoms with Crippen molar-refractivity contribution in [1.29, 1.82) is 0 Å². The third kappa shape index (κ3) is 7.69. The standard InChI is InChI=1S/C22H40N4O4/c1-6-23-20(26-12-8-9-18(16-26)19(27)29-7-2)24-15-17-10-13-25(14-11-17)21(28)30-22(3,4)5/h17-18H,6-16H2,1-5H3,(H,23,24). The maximum atomic E-state index is 12.2. The summed E-state index contributed by atoms with van der Waals surface area (Å²) in [5.41, 5.74) is -0.463. The fourth-order valence-electron chi connectivity index (χ4n) is 3.89. The number of rotatable bonds is 5. The molecule has 0 saturated carbocycles. The van der Waals surface area contributed by atoms with Crippen molar-refractivity contribution in [3.63, 3.8) is 0 Å². The largest absolute Gasteiger partial charge is 0.466 e. The molecular weight excluding hydrogens is 384 g/mol. The second-order valence-corrected chi connectivity index (χ2v) is 9.14. The lowest BCUT2D eigenvalue weighted by molar-refractivity contribution is -0.149. The van der Waals surface area contributed by atoms with E-state index in [0.29, 0.717) is 32.2 Å². The van der Waals surface area contributed by atoms with Crippen molar-refractivity contribution in [2.75, 3.05) is 45.9 Å². The highest BCUT2D eigenvalue weighted by Gasteiger charge is 2.29. The second-order valence-electron chi connectivity index (χ2n) is 9.14. The molecule has 2 heterocycles. The van der Waals surface area contributed by atoms with E-state index in [1.165, 1.54) is 0 Å². The zero-order valence-electron chi connectivity index (χ0n) is 19.4. The second kappa shape index (κ2) is 11.4. The van der Waals surface area contributed by atoms with Gasteiger partial charge in [0, 0.05) is 39.3 Å². The molecule has 0 aromatic rings. The van der Waals surface area contributed by atoms with Crippen LogP contribution in [0.3, 0.4) is 0 Å². The summed E-state index contributed by atoms with van der Waals surface area (Å²) < 4.78 is 10.7. The summed E-state index contributed by atoms with van der Waals surface area (Å²) in [6, 6.07) is 0. The lowest BCUT2D eigenvalue weighted by Gasteiger charge is -2.35. The number of piperidine rings is 2. The van der Waals surface area contributed by atoms with Gasteiger partial charge in [-0.2, -0.15) is 0 Å². The molecule has 8 heteroatoms. The van der Waals surface area contributed by atoms with Crippen LogP contribution in [0.5, 0.6) is 0 Å². The molecular formula is C22H40N4O4. The Balaban J connectivity index is 1.88. The molecule has 2 aliphatic rings. The first-order chi connectivity index (χ1) is 14.2. The summed E-state index contributed by atoms with van der Waals surface area (Å²) in [5, 5.41) is 3.38. The molecule has 2 fully saturated rings. The number of likely N-dealkylation sites (tertiary alicyclic amines) is 2. The first-order valence-corrected chi connectivity index (χ1v) is 11.4. The number of nitrogens with one attached hydrogen (secondary N) is 1. The first-order valence-electron chi connectivity index (χ1n) is 11.4. The van der Waals surface area contributed by atoms with Crippen LogP contribution in [0.25, 0.3) is 0 Å². The van der Waals surface area contributed by atoms with E-state index in [2.05, 4.69) is 17.1 Å². The highest BCUT2D eigenvalue weighted by atomic mass is 16.6. The number of aliphatic imine (C=N–C) groups is 1. The van der Waals surface area contributed by atoms with Crippen LogP contribution in [0.2, 0.25) is 0 Å². The monoisotopic (exact) mass is 424 g/mol. The summed E-state index contributed by atoms with van der Waals surface area (Å²) in [7, 11) is 0. The van der Waals surface area contributed by atoms with Gasteiger partial charge in [0.2, 0.25) is 0 Å². The van der Waals surface area contributed by atoms with Crippen molar-refractivity contribution in [2.45, 2.75) is 65.9 Å². The average molecular weight is 425 g/mol. The molecule has 2 saturated heterocycles. The number of nitrogens with zero attached hydrogens (tertiary/aromatic N) is 3. The van der Waals surface area contributed by atoms with E-state index in [1.807, 2.05) is 27.7 Å². The Morgan fingerprint density at radius 1 is 1.07 bits per heavy atom. The van der Waals surface area contributed by atoms with Crippen molar-refractivity contribution < 1.29 is 19.1 Å². The third-order valence-corrected chi connectivity index (χ3v) is 5.44. The Hall–Kier alpha value is -1.99. The van der Waals surface area contributed by atoms with Crippen LogP contribution < -0.4 is 5.32 Å². The Morgan fingerprint density at radius 2 is 1.77 bits per heavy atom. The molecule has 1 unspecified atom stereocenters. The highest BCUT2D eigenvalue weighted by Crippen LogP contribution is 2.21. The smallest absolute Gasteiger partial charge is 0.410 e. The van der Waals surface area contributed by atoms with Crippen LogP contribution >= 0.6 is 0 Å². The zero-order valence-corrected chi connectivity index (χ0v) is 19.4. The number of esters is 1. The normalized spacial score (nSPS) is 21.4. The molecule has 30 heavy (non-hydrogen) atoms. The van der Waals surface area contributed by atoms with Crippen LogP contribution in [0.1, 0.15) is 60.3 Å². The molecule has 8 nitrogen and oxygen atoms in total. The van der Waals surface area contributed by atoms with E-state index < -0.39 is 5.60 Å². The number of guanidine groups is 1. The van der Waals surface area contributed by atoms with E-state index in [4.69, 9.17) is 14.5 Å². The molecule has 1 amide bonds. The van der Waals surface area contributed by atoms with Crippen LogP contribution in [-0.2, 0) is 14.3 Å². The number of carbonyl (C=O) groups excluding carboxylic acids is 2. The van der Waals surface area contributed by atoms with Crippen LogP contribution in [0.15, 0.2) is 4.99 Å². The number of ether oxygens (including phenoxy) is 2. The highest BCUT2D eigenvalue weighted by molar-refractivity contribution is 5.81. The number of hydrogen-bond donors (Lipinski definition) is 1. The topological polar surface area (TPSA) is 83.5 Å². The Kier molecular flexibility index (Phi) is 9.24. The van der Waals surface area contributed by atoms with Gasteiger partial charge in [-0.15, -0.1) is 0 Å². The van der Waals surface area contributed by atoms with Gasteiger partial charge < -0.3 is 24.6 Å². The van der Waals surface area contributed by atoms with Crippen molar-refractivity contribution >= 4 is 18.0 Å². The molecule has 0 aromatic heterocycles. The van der Waals surface area contributed by atoms with Gasteiger partial charge in [-0.1, -0.05) is 0 Å². The summed E-state index contributed by atoms with van der Waals surface area (Å²) >= 11 is 0. The van der Waals surface area contributed by atoms with Gasteiger partial charge in [0.25, 0.3) is 0 Å². The minimum absolute atomic E-state index is 0.0837. The molecule has 0 radical (unpaired) electrons. The van der Waals surface area contributed by atoms with Gasteiger partial charge in [0.1, 0.15) is 5.60 Å². The van der Waals surface area contributed by atoms with Crippen molar-refractivity contribution in [1.82, 2.24) is 15.1 Å². The molecule has 1 atom stereocenters. The molecule has 2 aliphatic heterocycles. The Morgan fingerprint density at radius 3 is 2.37 bits per heavy atom. The van der Waals surface area contributed by atoms with Gasteiger partial charge in [-0.3, -0.25) is 9.79 Å². The third-order valence-electron chi connectivity index (χ3n) is 5.44. The minimum atomic E-state index is -0.463. The summed E-state index contributed by atoms with van der Waals surface area (Å²) in [6.07, 6.45) is 3.46. The maximum absolute atomic E-state index is 12.2. The Bertz CT molecular complexity index is 594. The summed E-state index contributed by atoms with van der Waals surface area (Å²) in [4.78, 5) is 33.2. The van der Waals surface area contributed by atoms with Crippen molar-refractivity contribution in [3.8, 4) is 0 Å². The maximum Gasteiger partial charge on any atom is 0.410 e. The summed E-state index contributed by atoms with van der Waals surface area (Å²) in [5.74, 6) is 1.14. The lowest BCUT2D eigenvalue weighted by atomic mass is 9.97. The molecule has 172 valence electrons. The molecule has 0 spiro atoms. The molecule has 2 rings (SSSR count). The number of carbonyl (C=O) groups is 2. The predicted molar refractivity (Wildman–Crippen MR) is 117 cm³/mol. The van der Waals surface area contributed by atoms with Gasteiger partial charge in [-0.05, 0) is 66.2 Å². The fraction of sp³-hybridized carbons (Fsp3) is 0.864. The van der Waals surface area contributed by atoms with E-state index in [1.54, 1.807) is 4.90 Å². The molecule has 1 N–H and O–H groups in total. The van der Waals surface area contributed by atoms with Gasteiger partial charge in [-0.25, -0.2) is 4.79 Å². The van der Waals surface area contributed by atoms with Crippen LogP contribution in [0, 0.1) is 11.8 Å². The fourth-order valence-corrected chi connectivity index (χ4v) is 3.89.